The summed E-state index contributed by atoms with van der Waals surface area (Å²) in [5.74, 6) is 0.741. The fourth-order valence-corrected chi connectivity index (χ4v) is 4.68. The van der Waals surface area contributed by atoms with E-state index < -0.39 is 9.84 Å². The Morgan fingerprint density at radius 1 is 1.00 bits per heavy atom. The molecule has 2 fully saturated rings. The molecule has 0 saturated carbocycles. The van der Waals surface area contributed by atoms with E-state index >= 15 is 0 Å². The molecule has 0 aromatic carbocycles. The van der Waals surface area contributed by atoms with Crippen molar-refractivity contribution in [3.8, 4) is 0 Å². The standard InChI is InChI=1S/C14H28N2O2S/c1-12(2)16-8-3-4-13(5-9-16)15-14-6-10-19(17,18)11-7-14/h12-15H,3-11H2,1-2H3. The van der Waals surface area contributed by atoms with Gasteiger partial charge in [-0.05, 0) is 59.0 Å². The van der Waals surface area contributed by atoms with Crippen LogP contribution in [0.5, 0.6) is 0 Å². The Labute approximate surface area is 117 Å². The van der Waals surface area contributed by atoms with Crippen molar-refractivity contribution in [3.05, 3.63) is 0 Å². The molecule has 2 heterocycles. The first-order chi connectivity index (χ1) is 8.96. The monoisotopic (exact) mass is 288 g/mol. The molecule has 1 unspecified atom stereocenters. The number of sulfone groups is 1. The zero-order valence-corrected chi connectivity index (χ0v) is 13.1. The van der Waals surface area contributed by atoms with Crippen molar-refractivity contribution in [2.45, 2.75) is 64.1 Å². The Hall–Kier alpha value is -0.130. The average Bonchev–Trinajstić information content (AvgIpc) is 2.57. The summed E-state index contributed by atoms with van der Waals surface area (Å²) in [4.78, 5) is 2.55. The number of rotatable bonds is 3. The van der Waals surface area contributed by atoms with Crippen LogP contribution >= 0.6 is 0 Å². The number of likely N-dealkylation sites (tertiary alicyclic amines) is 1. The summed E-state index contributed by atoms with van der Waals surface area (Å²) in [6, 6.07) is 1.63. The molecule has 0 radical (unpaired) electrons. The van der Waals surface area contributed by atoms with Gasteiger partial charge in [0.05, 0.1) is 11.5 Å². The first kappa shape index (κ1) is 15.3. The predicted octanol–water partition coefficient (Wildman–Crippen LogP) is 1.42. The topological polar surface area (TPSA) is 49.4 Å². The fraction of sp³-hybridized carbons (Fsp3) is 1.00. The molecule has 0 bridgehead atoms. The van der Waals surface area contributed by atoms with Crippen LogP contribution in [0.3, 0.4) is 0 Å². The highest BCUT2D eigenvalue weighted by Gasteiger charge is 2.26. The molecule has 0 spiro atoms. The smallest absolute Gasteiger partial charge is 0.150 e. The van der Waals surface area contributed by atoms with Gasteiger partial charge in [-0.2, -0.15) is 0 Å². The Balaban J connectivity index is 1.77. The predicted molar refractivity (Wildman–Crippen MR) is 79.2 cm³/mol. The summed E-state index contributed by atoms with van der Waals surface area (Å²) >= 11 is 0. The third kappa shape index (κ3) is 4.72. The molecule has 2 rings (SSSR count). The summed E-state index contributed by atoms with van der Waals surface area (Å²) in [5.41, 5.74) is 0. The number of hydrogen-bond acceptors (Lipinski definition) is 4. The van der Waals surface area contributed by atoms with Crippen LogP contribution in [-0.2, 0) is 9.84 Å². The minimum atomic E-state index is -2.73. The largest absolute Gasteiger partial charge is 0.311 e. The first-order valence-corrected chi connectivity index (χ1v) is 9.49. The van der Waals surface area contributed by atoms with Gasteiger partial charge in [-0.3, -0.25) is 0 Å². The number of hydrogen-bond donors (Lipinski definition) is 1. The zero-order chi connectivity index (χ0) is 13.9. The summed E-state index contributed by atoms with van der Waals surface area (Å²) in [7, 11) is -2.73. The normalized spacial score (nSPS) is 30.4. The maximum absolute atomic E-state index is 11.4. The van der Waals surface area contributed by atoms with E-state index in [1.165, 1.54) is 32.4 Å². The molecular weight excluding hydrogens is 260 g/mol. The molecule has 0 aromatic rings. The van der Waals surface area contributed by atoms with E-state index in [1.54, 1.807) is 0 Å². The van der Waals surface area contributed by atoms with Gasteiger partial charge in [0, 0.05) is 18.1 Å². The Kier molecular flexibility index (Phi) is 5.26. The molecule has 112 valence electrons. The number of nitrogens with one attached hydrogen (secondary N) is 1. The van der Waals surface area contributed by atoms with Crippen LogP contribution in [0.25, 0.3) is 0 Å². The summed E-state index contributed by atoms with van der Waals surface area (Å²) < 4.78 is 22.9. The summed E-state index contributed by atoms with van der Waals surface area (Å²) in [5, 5.41) is 3.70. The minimum absolute atomic E-state index is 0.371. The molecule has 2 aliphatic heterocycles. The molecule has 2 saturated heterocycles. The van der Waals surface area contributed by atoms with Crippen molar-refractivity contribution in [1.82, 2.24) is 10.2 Å². The van der Waals surface area contributed by atoms with Crippen molar-refractivity contribution < 1.29 is 8.42 Å². The van der Waals surface area contributed by atoms with Crippen LogP contribution in [0.15, 0.2) is 0 Å². The Bertz CT molecular complexity index is 367. The van der Waals surface area contributed by atoms with E-state index in [4.69, 9.17) is 0 Å². The molecule has 5 heteroatoms. The van der Waals surface area contributed by atoms with Crippen LogP contribution in [0.4, 0.5) is 0 Å². The highest BCUT2D eigenvalue weighted by Crippen LogP contribution is 2.17. The van der Waals surface area contributed by atoms with Crippen LogP contribution in [-0.4, -0.2) is 56.0 Å². The second-order valence-electron chi connectivity index (χ2n) is 6.35. The molecule has 1 N–H and O–H groups in total. The third-order valence-corrected chi connectivity index (χ3v) is 6.23. The Morgan fingerprint density at radius 3 is 2.26 bits per heavy atom. The van der Waals surface area contributed by atoms with Gasteiger partial charge < -0.3 is 10.2 Å². The maximum atomic E-state index is 11.4. The SMILES string of the molecule is CC(C)N1CCCC(NC2CCS(=O)(=O)CC2)CC1. The van der Waals surface area contributed by atoms with Gasteiger partial charge in [0.2, 0.25) is 0 Å². The van der Waals surface area contributed by atoms with Gasteiger partial charge >= 0.3 is 0 Å². The minimum Gasteiger partial charge on any atom is -0.311 e. The van der Waals surface area contributed by atoms with Gasteiger partial charge in [-0.1, -0.05) is 0 Å². The van der Waals surface area contributed by atoms with Crippen LogP contribution < -0.4 is 5.32 Å². The van der Waals surface area contributed by atoms with Crippen LogP contribution in [0.1, 0.15) is 46.0 Å². The number of nitrogens with zero attached hydrogens (tertiary/aromatic N) is 1. The lowest BCUT2D eigenvalue weighted by Gasteiger charge is -2.28. The molecule has 0 aromatic heterocycles. The van der Waals surface area contributed by atoms with E-state index in [-0.39, 0.29) is 0 Å². The van der Waals surface area contributed by atoms with Gasteiger partial charge in [0.25, 0.3) is 0 Å². The molecule has 19 heavy (non-hydrogen) atoms. The lowest BCUT2D eigenvalue weighted by atomic mass is 10.1. The second-order valence-corrected chi connectivity index (χ2v) is 8.65. The van der Waals surface area contributed by atoms with Crippen molar-refractivity contribution in [3.63, 3.8) is 0 Å². The van der Waals surface area contributed by atoms with Gasteiger partial charge in [-0.15, -0.1) is 0 Å². The van der Waals surface area contributed by atoms with Crippen LogP contribution in [0.2, 0.25) is 0 Å². The van der Waals surface area contributed by atoms with E-state index in [0.717, 1.165) is 12.8 Å². The molecule has 4 nitrogen and oxygen atoms in total. The Morgan fingerprint density at radius 2 is 1.63 bits per heavy atom. The highest BCUT2D eigenvalue weighted by atomic mass is 32.2. The highest BCUT2D eigenvalue weighted by molar-refractivity contribution is 7.91. The van der Waals surface area contributed by atoms with Gasteiger partial charge in [0.15, 0.2) is 0 Å². The van der Waals surface area contributed by atoms with Crippen molar-refractivity contribution in [1.29, 1.82) is 0 Å². The van der Waals surface area contributed by atoms with Crippen molar-refractivity contribution >= 4 is 9.84 Å². The molecular formula is C14H28N2O2S. The molecule has 2 aliphatic rings. The third-order valence-electron chi connectivity index (χ3n) is 4.52. The average molecular weight is 288 g/mol. The fourth-order valence-electron chi connectivity index (χ4n) is 3.19. The van der Waals surface area contributed by atoms with Gasteiger partial charge in [-0.25, -0.2) is 8.42 Å². The van der Waals surface area contributed by atoms with Crippen LogP contribution in [0, 0.1) is 0 Å². The summed E-state index contributed by atoms with van der Waals surface area (Å²) in [6.45, 7) is 6.90. The maximum Gasteiger partial charge on any atom is 0.150 e. The molecule has 1 atom stereocenters. The second kappa shape index (κ2) is 6.55. The summed E-state index contributed by atoms with van der Waals surface area (Å²) in [6.07, 6.45) is 5.27. The lowest BCUT2D eigenvalue weighted by molar-refractivity contribution is 0.228. The van der Waals surface area contributed by atoms with E-state index in [0.29, 0.717) is 29.6 Å². The first-order valence-electron chi connectivity index (χ1n) is 7.67. The van der Waals surface area contributed by atoms with Crippen molar-refractivity contribution in [2.75, 3.05) is 24.6 Å². The molecule has 0 aliphatic carbocycles. The lowest BCUT2D eigenvalue weighted by Crippen LogP contribution is -2.43. The zero-order valence-electron chi connectivity index (χ0n) is 12.3. The van der Waals surface area contributed by atoms with Crippen molar-refractivity contribution in [2.24, 2.45) is 0 Å². The van der Waals surface area contributed by atoms with Gasteiger partial charge in [0.1, 0.15) is 9.84 Å². The molecule has 0 amide bonds. The van der Waals surface area contributed by atoms with E-state index in [2.05, 4.69) is 24.1 Å². The van der Waals surface area contributed by atoms with E-state index in [1.807, 2.05) is 0 Å². The quantitative estimate of drug-likeness (QED) is 0.853. The van der Waals surface area contributed by atoms with E-state index in [9.17, 15) is 8.42 Å².